The maximum atomic E-state index is 12.5. The van der Waals surface area contributed by atoms with E-state index in [9.17, 15) is 24.2 Å². The first kappa shape index (κ1) is 52.2. The second-order valence-corrected chi connectivity index (χ2v) is 15.8. The van der Waals surface area contributed by atoms with E-state index in [4.69, 9.17) is 19.1 Å². The molecule has 0 bridgehead atoms. The molecule has 0 fully saturated rings. The summed E-state index contributed by atoms with van der Waals surface area (Å²) in [7, 11) is -4.63. The van der Waals surface area contributed by atoms with Crippen LogP contribution in [-0.4, -0.2) is 65.7 Å². The van der Waals surface area contributed by atoms with Gasteiger partial charge in [-0.1, -0.05) is 153 Å². The van der Waals surface area contributed by atoms with Gasteiger partial charge in [-0.15, -0.1) is 0 Å². The van der Waals surface area contributed by atoms with Crippen LogP contribution >= 0.6 is 7.82 Å². The van der Waals surface area contributed by atoms with E-state index in [1.54, 1.807) is 0 Å². The molecule has 0 spiro atoms. The van der Waals surface area contributed by atoms with Crippen LogP contribution < -0.4 is 0 Å². The lowest BCUT2D eigenvalue weighted by Crippen LogP contribution is -2.29. The highest BCUT2D eigenvalue weighted by Gasteiger charge is 2.27. The van der Waals surface area contributed by atoms with Crippen LogP contribution in [-0.2, 0) is 32.7 Å². The topological polar surface area (TPSA) is 149 Å². The Labute approximate surface area is 329 Å². The van der Waals surface area contributed by atoms with Gasteiger partial charge < -0.3 is 24.6 Å². The number of rotatable bonds is 40. The van der Waals surface area contributed by atoms with Crippen molar-refractivity contribution in [1.29, 1.82) is 0 Å². The molecule has 11 heteroatoms. The van der Waals surface area contributed by atoms with E-state index in [0.717, 1.165) is 44.9 Å². The van der Waals surface area contributed by atoms with Crippen LogP contribution in [0.3, 0.4) is 0 Å². The second-order valence-electron chi connectivity index (χ2n) is 14.4. The molecule has 0 saturated carbocycles. The van der Waals surface area contributed by atoms with E-state index >= 15 is 0 Å². The number of hydrogen-bond acceptors (Lipinski definition) is 9. The Bertz CT molecular complexity index is 999. The van der Waals surface area contributed by atoms with Gasteiger partial charge in [-0.2, -0.15) is 0 Å². The lowest BCUT2D eigenvalue weighted by Gasteiger charge is -2.20. The molecule has 54 heavy (non-hydrogen) atoms. The number of hydrogen-bond donors (Lipinski definition) is 3. The summed E-state index contributed by atoms with van der Waals surface area (Å²) in [5, 5.41) is 18.3. The fourth-order valence-corrected chi connectivity index (χ4v) is 6.48. The third-order valence-electron chi connectivity index (χ3n) is 9.03. The summed E-state index contributed by atoms with van der Waals surface area (Å²) in [4.78, 5) is 34.9. The predicted molar refractivity (Wildman–Crippen MR) is 219 cm³/mol. The molecule has 0 rings (SSSR count). The molecule has 2 unspecified atom stereocenters. The number of aliphatic hydroxyl groups excluding tert-OH is 2. The Morgan fingerprint density at radius 3 is 1.52 bits per heavy atom. The fraction of sp³-hybridized carbons (Fsp3) is 0.814. The summed E-state index contributed by atoms with van der Waals surface area (Å²) in [6.45, 7) is 2.30. The molecule has 0 aliphatic carbocycles. The van der Waals surface area contributed by atoms with Gasteiger partial charge >= 0.3 is 19.8 Å². The van der Waals surface area contributed by atoms with E-state index in [-0.39, 0.29) is 19.4 Å². The minimum absolute atomic E-state index is 0.0769. The minimum Gasteiger partial charge on any atom is -0.462 e. The highest BCUT2D eigenvalue weighted by Crippen LogP contribution is 2.43. The largest absolute Gasteiger partial charge is 0.472 e. The van der Waals surface area contributed by atoms with Gasteiger partial charge in [0, 0.05) is 12.8 Å². The van der Waals surface area contributed by atoms with Gasteiger partial charge in [-0.3, -0.25) is 18.6 Å². The molecule has 3 N–H and O–H groups in total. The smallest absolute Gasteiger partial charge is 0.462 e. The molecule has 10 nitrogen and oxygen atoms in total. The molecule has 316 valence electrons. The zero-order valence-corrected chi connectivity index (χ0v) is 35.1. The summed E-state index contributed by atoms with van der Waals surface area (Å²) in [6, 6.07) is 0. The van der Waals surface area contributed by atoms with Crippen LogP contribution in [0.25, 0.3) is 0 Å². The molecule has 0 saturated heterocycles. The molecular formula is C43H79O10P. The van der Waals surface area contributed by atoms with Gasteiger partial charge in [0.15, 0.2) is 6.10 Å². The Morgan fingerprint density at radius 1 is 0.556 bits per heavy atom. The molecule has 0 aromatic heterocycles. The summed E-state index contributed by atoms with van der Waals surface area (Å²) in [5.41, 5.74) is 0. The molecule has 0 heterocycles. The highest BCUT2D eigenvalue weighted by atomic mass is 31.2. The molecule has 3 atom stereocenters. The van der Waals surface area contributed by atoms with Gasteiger partial charge in [0.05, 0.1) is 19.8 Å². The van der Waals surface area contributed by atoms with Gasteiger partial charge in [0.2, 0.25) is 0 Å². The molecule has 0 aliphatic rings. The first-order valence-corrected chi connectivity index (χ1v) is 22.9. The van der Waals surface area contributed by atoms with Crippen molar-refractivity contribution < 1.29 is 47.8 Å². The van der Waals surface area contributed by atoms with Crippen molar-refractivity contribution in [3.8, 4) is 0 Å². The van der Waals surface area contributed by atoms with Crippen molar-refractivity contribution >= 4 is 19.8 Å². The first-order valence-electron chi connectivity index (χ1n) is 21.4. The third kappa shape index (κ3) is 38.5. The average molecular weight is 787 g/mol. The maximum Gasteiger partial charge on any atom is 0.472 e. The van der Waals surface area contributed by atoms with Gasteiger partial charge in [0.1, 0.15) is 12.7 Å². The summed E-state index contributed by atoms with van der Waals surface area (Å²) < 4.78 is 32.6. The molecule has 0 radical (unpaired) electrons. The monoisotopic (exact) mass is 787 g/mol. The zero-order chi connectivity index (χ0) is 39.8. The minimum atomic E-state index is -4.63. The van der Waals surface area contributed by atoms with Crippen LogP contribution in [0, 0.1) is 0 Å². The third-order valence-corrected chi connectivity index (χ3v) is 9.98. The van der Waals surface area contributed by atoms with E-state index in [2.05, 4.69) is 42.7 Å². The standard InChI is InChI=1S/C43H79O10P/c1-3-5-7-9-11-13-15-17-18-19-20-21-23-24-26-28-30-32-34-42(46)50-38-41(39-52-54(48,49)51-37-40(45)36-44)53-43(47)35-33-31-29-27-25-22-16-14-12-10-8-6-4-2/h20-22,25,29,31,40-41,44-45H,3-19,23-24,26-28,30,32-39H2,1-2H3,(H,48,49)/b21-20+,25-22+,31-29+/t40-,41?/m1/s1. The predicted octanol–water partition coefficient (Wildman–Crippen LogP) is 11.2. The van der Waals surface area contributed by atoms with Crippen molar-refractivity contribution in [2.24, 2.45) is 0 Å². The van der Waals surface area contributed by atoms with Crippen LogP contribution in [0.1, 0.15) is 187 Å². The zero-order valence-electron chi connectivity index (χ0n) is 34.2. The van der Waals surface area contributed by atoms with Crippen molar-refractivity contribution in [2.75, 3.05) is 26.4 Å². The highest BCUT2D eigenvalue weighted by molar-refractivity contribution is 7.47. The normalized spacial score (nSPS) is 14.2. The number of phosphoric acid groups is 1. The van der Waals surface area contributed by atoms with Gasteiger partial charge in [0.25, 0.3) is 0 Å². The number of phosphoric ester groups is 1. The van der Waals surface area contributed by atoms with Gasteiger partial charge in [-0.25, -0.2) is 4.57 Å². The number of carbonyl (C=O) groups excluding carboxylic acids is 2. The first-order chi connectivity index (χ1) is 26.2. The summed E-state index contributed by atoms with van der Waals surface area (Å²) in [5.74, 6) is -1.01. The number of aliphatic hydroxyl groups is 2. The van der Waals surface area contributed by atoms with Crippen molar-refractivity contribution in [1.82, 2.24) is 0 Å². The van der Waals surface area contributed by atoms with E-state index in [0.29, 0.717) is 12.8 Å². The molecule has 0 aromatic carbocycles. The van der Waals surface area contributed by atoms with Crippen LogP contribution in [0.5, 0.6) is 0 Å². The Kier molecular flexibility index (Phi) is 38.1. The molecular weight excluding hydrogens is 707 g/mol. The quantitative estimate of drug-likeness (QED) is 0.0237. The van der Waals surface area contributed by atoms with Crippen LogP contribution in [0.15, 0.2) is 36.5 Å². The Hall–Kier alpha value is -1.81. The fourth-order valence-electron chi connectivity index (χ4n) is 5.69. The summed E-state index contributed by atoms with van der Waals surface area (Å²) in [6.07, 6.45) is 39.9. The van der Waals surface area contributed by atoms with Crippen LogP contribution in [0.4, 0.5) is 0 Å². The van der Waals surface area contributed by atoms with Gasteiger partial charge in [-0.05, 0) is 57.8 Å². The van der Waals surface area contributed by atoms with E-state index < -0.39 is 51.8 Å². The Balaban J connectivity index is 4.35. The SMILES string of the molecule is CCCCCCCC/C=C/C/C=C/CCC(=O)OC(COC(=O)CCCCCCC/C=C/CCCCCCCCCCC)COP(=O)(O)OC[C@H](O)CO. The molecule has 0 amide bonds. The number of carbonyl (C=O) groups is 2. The van der Waals surface area contributed by atoms with Crippen LogP contribution in [0.2, 0.25) is 0 Å². The second kappa shape index (κ2) is 39.4. The molecule has 0 aliphatic heterocycles. The van der Waals surface area contributed by atoms with Crippen molar-refractivity contribution in [3.05, 3.63) is 36.5 Å². The number of ether oxygens (including phenoxy) is 2. The number of allylic oxidation sites excluding steroid dienone is 6. The number of unbranched alkanes of at least 4 members (excludes halogenated alkanes) is 20. The van der Waals surface area contributed by atoms with Crippen molar-refractivity contribution in [2.45, 2.75) is 199 Å². The average Bonchev–Trinajstić information content (AvgIpc) is 3.16. The van der Waals surface area contributed by atoms with E-state index in [1.807, 2.05) is 12.2 Å². The lowest BCUT2D eigenvalue weighted by molar-refractivity contribution is -0.161. The Morgan fingerprint density at radius 2 is 1.00 bits per heavy atom. The maximum absolute atomic E-state index is 12.5. The number of esters is 2. The van der Waals surface area contributed by atoms with Crippen molar-refractivity contribution in [3.63, 3.8) is 0 Å². The van der Waals surface area contributed by atoms with E-state index in [1.165, 1.54) is 103 Å². The molecule has 0 aromatic rings. The summed E-state index contributed by atoms with van der Waals surface area (Å²) >= 11 is 0. The lowest BCUT2D eigenvalue weighted by atomic mass is 10.1.